The number of rotatable bonds is 8. The Kier molecular flexibility index (Phi) is 10.2. The van der Waals surface area contributed by atoms with Crippen LogP contribution in [0.25, 0.3) is 39.7 Å². The third kappa shape index (κ3) is 7.59. The van der Waals surface area contributed by atoms with E-state index in [1.807, 2.05) is 27.7 Å². The fourth-order valence-corrected chi connectivity index (χ4v) is 7.53. The van der Waals surface area contributed by atoms with Gasteiger partial charge in [-0.15, -0.1) is 0 Å². The third-order valence-corrected chi connectivity index (χ3v) is 10.2. The number of alkyl halides is 3. The van der Waals surface area contributed by atoms with Gasteiger partial charge < -0.3 is 5.11 Å². The van der Waals surface area contributed by atoms with Crippen LogP contribution in [0.2, 0.25) is 0 Å². The number of aromatic nitrogens is 2. The third-order valence-electron chi connectivity index (χ3n) is 7.36. The van der Waals surface area contributed by atoms with Crippen molar-refractivity contribution < 1.29 is 54.4 Å². The van der Waals surface area contributed by atoms with Gasteiger partial charge >= 0.3 is 173 Å². The Labute approximate surface area is 284 Å². The number of hydrogen-bond donors (Lipinski definition) is 1. The van der Waals surface area contributed by atoms with E-state index >= 15 is 4.39 Å². The molecule has 0 atom stereocenters. The molecule has 2 heterocycles. The van der Waals surface area contributed by atoms with Crippen molar-refractivity contribution in [1.29, 1.82) is 0 Å². The van der Waals surface area contributed by atoms with E-state index < -0.39 is 67.3 Å². The van der Waals surface area contributed by atoms with E-state index in [-0.39, 0.29) is 81.0 Å². The first-order valence-electron chi connectivity index (χ1n) is 16.4. The molecule has 5 rings (SSSR count). The molecule has 0 saturated heterocycles. The minimum atomic E-state index is -4.89. The Balaban J connectivity index is 0.000000347. The minimum Gasteiger partial charge on any atom is 0 e. The first kappa shape index (κ1) is 28.8. The fourth-order valence-electron chi connectivity index (χ4n) is 4.94. The Hall–Kier alpha value is -2.63. The van der Waals surface area contributed by atoms with Crippen molar-refractivity contribution in [3.63, 3.8) is 0 Å². The molecule has 4 nitrogen and oxygen atoms in total. The van der Waals surface area contributed by atoms with Gasteiger partial charge in [-0.05, 0) is 25.7 Å². The molecule has 44 heavy (non-hydrogen) atoms. The SMILES string of the molecule is CCC(CC)C(=O)/C=C(\O)C(CC)CC.[2H]c1nc(-c2[c-]c3c([2H])c([2H])c([2H])c([2H])c3[te]2)c2c(F)c3ccccc3c(C(F)(F)F)c2n1.[Ir]. The minimum absolute atomic E-state index is 0. The van der Waals surface area contributed by atoms with Gasteiger partial charge in [0.1, 0.15) is 0 Å². The number of carbonyl (C=O) groups is 1. The molecule has 0 amide bonds. The monoisotopic (exact) mass is 905 g/mol. The van der Waals surface area contributed by atoms with Crippen LogP contribution in [0.15, 0.2) is 66.6 Å². The van der Waals surface area contributed by atoms with Crippen LogP contribution >= 0.6 is 0 Å². The number of nitrogens with zero attached hydrogens (tertiary/aromatic N) is 2. The van der Waals surface area contributed by atoms with Crippen molar-refractivity contribution in [1.82, 2.24) is 9.97 Å². The van der Waals surface area contributed by atoms with Crippen LogP contribution in [0, 0.1) is 23.7 Å². The normalized spacial score (nSPS) is 13.7. The summed E-state index contributed by atoms with van der Waals surface area (Å²) in [6.45, 7) is 8.07. The van der Waals surface area contributed by atoms with Crippen LogP contribution in [0.5, 0.6) is 0 Å². The Morgan fingerprint density at radius 2 is 1.64 bits per heavy atom. The van der Waals surface area contributed by atoms with Crippen LogP contribution in [-0.4, -0.2) is 41.3 Å². The van der Waals surface area contributed by atoms with Gasteiger partial charge in [0.25, 0.3) is 0 Å². The number of halogens is 4. The summed E-state index contributed by atoms with van der Waals surface area (Å²) in [6, 6.07) is 6.45. The predicted molar refractivity (Wildman–Crippen MR) is 165 cm³/mol. The van der Waals surface area contributed by atoms with Crippen LogP contribution in [0.4, 0.5) is 17.6 Å². The molecule has 5 aromatic rings. The van der Waals surface area contributed by atoms with Crippen LogP contribution < -0.4 is 0 Å². The molecule has 0 unspecified atom stereocenters. The maximum atomic E-state index is 15.6. The van der Waals surface area contributed by atoms with Gasteiger partial charge in [0, 0.05) is 38.0 Å². The number of allylic oxidation sites excluding steroid dienone is 2. The maximum Gasteiger partial charge on any atom is 0 e. The molecule has 235 valence electrons. The zero-order chi connectivity index (χ0) is 35.7. The van der Waals surface area contributed by atoms with Gasteiger partial charge in [-0.1, -0.05) is 27.7 Å². The summed E-state index contributed by atoms with van der Waals surface area (Å²) in [5, 5.41) is 8.68. The number of aliphatic hydroxyl groups is 1. The molecule has 1 N–H and O–H groups in total. The molecular formula is C34H33F4IrN2O2Te-. The van der Waals surface area contributed by atoms with E-state index in [1.54, 1.807) is 0 Å². The maximum absolute atomic E-state index is 15.6. The van der Waals surface area contributed by atoms with E-state index in [4.69, 9.17) is 6.85 Å². The van der Waals surface area contributed by atoms with E-state index in [9.17, 15) is 23.1 Å². The molecule has 1 radical (unpaired) electrons. The molecule has 0 fully saturated rings. The van der Waals surface area contributed by atoms with E-state index in [1.165, 1.54) is 24.3 Å². The van der Waals surface area contributed by atoms with Crippen LogP contribution in [0.1, 0.15) is 65.8 Å². The summed E-state index contributed by atoms with van der Waals surface area (Å²) >= 11 is -1.63. The first-order valence-corrected chi connectivity index (χ1v) is 16.3. The Morgan fingerprint density at radius 1 is 1.02 bits per heavy atom. The largest absolute Gasteiger partial charge is 0 e. The van der Waals surface area contributed by atoms with Crippen molar-refractivity contribution >= 4 is 56.7 Å². The van der Waals surface area contributed by atoms with Crippen LogP contribution in [-0.2, 0) is 31.1 Å². The second-order valence-corrected chi connectivity index (χ2v) is 12.8. The number of hydrogen-bond acceptors (Lipinski definition) is 4. The van der Waals surface area contributed by atoms with Gasteiger partial charge in [0.05, 0.1) is 5.76 Å². The molecule has 10 heteroatoms. The summed E-state index contributed by atoms with van der Waals surface area (Å²) in [5.74, 6) is -0.424. The Morgan fingerprint density at radius 3 is 2.25 bits per heavy atom. The molecule has 3 aromatic carbocycles. The van der Waals surface area contributed by atoms with Gasteiger partial charge in [-0.2, -0.15) is 0 Å². The average molecular weight is 902 g/mol. The summed E-state index contributed by atoms with van der Waals surface area (Å²) in [5.41, 5.74) is -2.16. The number of benzene rings is 3. The van der Waals surface area contributed by atoms with Gasteiger partial charge in [0.2, 0.25) is 0 Å². The summed E-state index contributed by atoms with van der Waals surface area (Å²) < 4.78 is 98.2. The number of ketones is 1. The first-order chi connectivity index (χ1) is 22.6. The zero-order valence-electron chi connectivity index (χ0n) is 29.4. The van der Waals surface area contributed by atoms with Crippen LogP contribution in [0.3, 0.4) is 0 Å². The van der Waals surface area contributed by atoms with Crippen molar-refractivity contribution in [3.8, 4) is 9.27 Å². The molecule has 0 bridgehead atoms. The summed E-state index contributed by atoms with van der Waals surface area (Å²) in [7, 11) is 0. The average Bonchev–Trinajstić information content (AvgIpc) is 3.49. The zero-order valence-corrected chi connectivity index (χ0v) is 29.1. The standard InChI is InChI=1S/C21H9F4N2Te.C13H24O2.Ir/c22-18-13-7-3-2-6-12(13)17(21(23,24)25)20-16(18)19(26-10-27-20)15-9-11-5-1-4-8-14(11)28-15;1-5-10(6-2)12(14)9-13(15)11(7-3)8-4;/h1-8,10H;9-11,14H,5-8H2,1-4H3;/q-1;;/b;12-9-;/i1D,4D,5D,8D,10D;;. The van der Waals surface area contributed by atoms with E-state index in [0.29, 0.717) is 3.40 Å². The smallest absolute Gasteiger partial charge is 0 e. The van der Waals surface area contributed by atoms with E-state index in [2.05, 4.69) is 16.0 Å². The van der Waals surface area contributed by atoms with Gasteiger partial charge in [-0.3, -0.25) is 4.79 Å². The molecule has 0 aliphatic rings. The molecule has 0 aliphatic carbocycles. The fraction of sp³-hybridized carbons (Fsp3) is 0.324. The Bertz CT molecular complexity index is 2000. The quantitative estimate of drug-likeness (QED) is 0.0421. The van der Waals surface area contributed by atoms with Crippen molar-refractivity contribution in [3.05, 3.63) is 84.0 Å². The van der Waals surface area contributed by atoms with E-state index in [0.717, 1.165) is 31.7 Å². The molecule has 0 aliphatic heterocycles. The molecule has 0 spiro atoms. The molecule has 2 aromatic heterocycles. The summed E-state index contributed by atoms with van der Waals surface area (Å²) in [6.07, 6.45) is -0.723. The van der Waals surface area contributed by atoms with Crippen molar-refractivity contribution in [2.45, 2.75) is 59.6 Å². The van der Waals surface area contributed by atoms with Crippen molar-refractivity contribution in [2.24, 2.45) is 11.8 Å². The number of fused-ring (bicyclic) bond motifs is 3. The van der Waals surface area contributed by atoms with Gasteiger partial charge in [0.15, 0.2) is 5.78 Å². The topological polar surface area (TPSA) is 63.1 Å². The molecule has 0 saturated carbocycles. The second-order valence-electron chi connectivity index (χ2n) is 9.89. The number of carbonyl (C=O) groups excluding carboxylic acids is 1. The predicted octanol–water partition coefficient (Wildman–Crippen LogP) is 9.49. The van der Waals surface area contributed by atoms with Crippen molar-refractivity contribution in [2.75, 3.05) is 0 Å². The molecular weight excluding hydrogens is 864 g/mol. The summed E-state index contributed by atoms with van der Waals surface area (Å²) in [4.78, 5) is 19.3. The second kappa shape index (κ2) is 15.6. The van der Waals surface area contributed by atoms with Gasteiger partial charge in [-0.25, -0.2) is 0 Å². The number of aliphatic hydroxyl groups excluding tert-OH is 1.